The molecule has 23 heavy (non-hydrogen) atoms. The Bertz CT molecular complexity index is 540. The van der Waals surface area contributed by atoms with Gasteiger partial charge in [0, 0.05) is 32.7 Å². The van der Waals surface area contributed by atoms with E-state index in [4.69, 9.17) is 0 Å². The summed E-state index contributed by atoms with van der Waals surface area (Å²) in [5.74, 6) is -0.589. The summed E-state index contributed by atoms with van der Waals surface area (Å²) >= 11 is 0. The highest BCUT2D eigenvalue weighted by atomic mass is 19.4. The van der Waals surface area contributed by atoms with Gasteiger partial charge in [0.25, 0.3) is 5.91 Å². The van der Waals surface area contributed by atoms with Crippen molar-refractivity contribution in [2.24, 2.45) is 0 Å². The van der Waals surface area contributed by atoms with E-state index in [0.29, 0.717) is 39.1 Å². The van der Waals surface area contributed by atoms with Gasteiger partial charge >= 0.3 is 6.18 Å². The van der Waals surface area contributed by atoms with Crippen molar-refractivity contribution in [2.45, 2.75) is 25.6 Å². The summed E-state index contributed by atoms with van der Waals surface area (Å²) < 4.78 is 39.0. The summed E-state index contributed by atoms with van der Waals surface area (Å²) in [7, 11) is 0. The molecule has 1 saturated heterocycles. The molecule has 1 N–H and O–H groups in total. The van der Waals surface area contributed by atoms with Crippen LogP contribution in [0.25, 0.3) is 0 Å². The standard InChI is InChI=1S/C16H21F3N2O2/c1-2-12(22)11-20-7-9-21(10-8-20)15(23)13-5-3-4-6-14(13)16(17,18)19/h3-6,12,22H,2,7-11H2,1H3. The number of rotatable bonds is 4. The van der Waals surface area contributed by atoms with E-state index >= 15 is 0 Å². The van der Waals surface area contributed by atoms with Gasteiger partial charge in [0.05, 0.1) is 17.2 Å². The van der Waals surface area contributed by atoms with E-state index in [9.17, 15) is 23.1 Å². The number of aliphatic hydroxyl groups is 1. The van der Waals surface area contributed by atoms with E-state index < -0.39 is 23.8 Å². The number of carbonyl (C=O) groups is 1. The number of piperazine rings is 1. The van der Waals surface area contributed by atoms with Gasteiger partial charge in [0.1, 0.15) is 0 Å². The van der Waals surface area contributed by atoms with Crippen molar-refractivity contribution >= 4 is 5.91 Å². The first-order chi connectivity index (χ1) is 10.8. The molecule has 128 valence electrons. The van der Waals surface area contributed by atoms with Gasteiger partial charge in [-0.3, -0.25) is 9.69 Å². The van der Waals surface area contributed by atoms with Gasteiger partial charge in [-0.05, 0) is 18.6 Å². The van der Waals surface area contributed by atoms with Gasteiger partial charge in [0.15, 0.2) is 0 Å². The van der Waals surface area contributed by atoms with Crippen molar-refractivity contribution in [2.75, 3.05) is 32.7 Å². The number of hydrogen-bond donors (Lipinski definition) is 1. The van der Waals surface area contributed by atoms with Crippen LogP contribution in [-0.2, 0) is 6.18 Å². The van der Waals surface area contributed by atoms with E-state index in [1.165, 1.54) is 23.1 Å². The summed E-state index contributed by atoms with van der Waals surface area (Å²) in [6.07, 6.45) is -4.31. The van der Waals surface area contributed by atoms with E-state index in [1.807, 2.05) is 11.8 Å². The summed E-state index contributed by atoms with van der Waals surface area (Å²) in [6.45, 7) is 4.24. The Morgan fingerprint density at radius 1 is 1.22 bits per heavy atom. The summed E-state index contributed by atoms with van der Waals surface area (Å²) in [5.41, 5.74) is -1.20. The predicted octanol–water partition coefficient (Wildman–Crippen LogP) is 2.23. The maximum atomic E-state index is 13.0. The third-order valence-electron chi connectivity index (χ3n) is 4.06. The van der Waals surface area contributed by atoms with Gasteiger partial charge < -0.3 is 10.0 Å². The quantitative estimate of drug-likeness (QED) is 0.921. The zero-order chi connectivity index (χ0) is 17.0. The molecule has 1 aliphatic rings. The predicted molar refractivity (Wildman–Crippen MR) is 80.1 cm³/mol. The van der Waals surface area contributed by atoms with Gasteiger partial charge in [-0.1, -0.05) is 19.1 Å². The minimum absolute atomic E-state index is 0.304. The number of nitrogens with zero attached hydrogens (tertiary/aromatic N) is 2. The molecule has 1 unspecified atom stereocenters. The Morgan fingerprint density at radius 2 is 1.83 bits per heavy atom. The highest BCUT2D eigenvalue weighted by Gasteiger charge is 2.36. The maximum Gasteiger partial charge on any atom is 0.417 e. The topological polar surface area (TPSA) is 43.8 Å². The fourth-order valence-electron chi connectivity index (χ4n) is 2.65. The molecule has 0 saturated carbocycles. The molecule has 0 aromatic heterocycles. The van der Waals surface area contributed by atoms with Crippen LogP contribution in [0.2, 0.25) is 0 Å². The fourth-order valence-corrected chi connectivity index (χ4v) is 2.65. The van der Waals surface area contributed by atoms with Gasteiger partial charge in [-0.15, -0.1) is 0 Å². The van der Waals surface area contributed by atoms with Crippen LogP contribution in [0.1, 0.15) is 29.3 Å². The van der Waals surface area contributed by atoms with E-state index in [2.05, 4.69) is 0 Å². The molecule has 1 aliphatic heterocycles. The molecule has 1 fully saturated rings. The van der Waals surface area contributed by atoms with Crippen molar-refractivity contribution in [3.63, 3.8) is 0 Å². The largest absolute Gasteiger partial charge is 0.417 e. The molecule has 1 atom stereocenters. The number of hydrogen-bond acceptors (Lipinski definition) is 3. The van der Waals surface area contributed by atoms with E-state index in [0.717, 1.165) is 6.07 Å². The Labute approximate surface area is 133 Å². The number of aliphatic hydroxyl groups excluding tert-OH is 1. The normalized spacial score (nSPS) is 18.0. The number of alkyl halides is 3. The van der Waals surface area contributed by atoms with Gasteiger partial charge in [-0.25, -0.2) is 0 Å². The number of halogens is 3. The molecular formula is C16H21F3N2O2. The summed E-state index contributed by atoms with van der Waals surface area (Å²) in [6, 6.07) is 4.87. The van der Waals surface area contributed by atoms with Gasteiger partial charge in [-0.2, -0.15) is 13.2 Å². The zero-order valence-corrected chi connectivity index (χ0v) is 13.0. The molecule has 1 heterocycles. The average Bonchev–Trinajstić information content (AvgIpc) is 2.54. The maximum absolute atomic E-state index is 13.0. The minimum atomic E-state index is -4.54. The molecule has 7 heteroatoms. The monoisotopic (exact) mass is 330 g/mol. The molecule has 0 radical (unpaired) electrons. The first-order valence-corrected chi connectivity index (χ1v) is 7.68. The Hall–Kier alpha value is -1.60. The van der Waals surface area contributed by atoms with Crippen molar-refractivity contribution in [3.8, 4) is 0 Å². The third-order valence-corrected chi connectivity index (χ3v) is 4.06. The number of benzene rings is 1. The van der Waals surface area contributed by atoms with Crippen LogP contribution in [0.5, 0.6) is 0 Å². The first kappa shape index (κ1) is 17.7. The molecule has 1 aromatic rings. The highest BCUT2D eigenvalue weighted by molar-refractivity contribution is 5.96. The second kappa shape index (κ2) is 7.31. The SMILES string of the molecule is CCC(O)CN1CCN(C(=O)c2ccccc2C(F)(F)F)CC1. The first-order valence-electron chi connectivity index (χ1n) is 7.68. The molecule has 0 aliphatic carbocycles. The van der Waals surface area contributed by atoms with Crippen molar-refractivity contribution in [1.82, 2.24) is 9.80 Å². The fraction of sp³-hybridized carbons (Fsp3) is 0.562. The van der Waals surface area contributed by atoms with Crippen LogP contribution in [0.15, 0.2) is 24.3 Å². The van der Waals surface area contributed by atoms with Crippen LogP contribution >= 0.6 is 0 Å². The third kappa shape index (κ3) is 4.45. The lowest BCUT2D eigenvalue weighted by Gasteiger charge is -2.35. The second-order valence-corrected chi connectivity index (χ2v) is 5.70. The van der Waals surface area contributed by atoms with Crippen LogP contribution in [-0.4, -0.2) is 59.6 Å². The van der Waals surface area contributed by atoms with Crippen LogP contribution < -0.4 is 0 Å². The molecule has 1 amide bonds. The van der Waals surface area contributed by atoms with Crippen LogP contribution in [0, 0.1) is 0 Å². The second-order valence-electron chi connectivity index (χ2n) is 5.70. The number of carbonyl (C=O) groups excluding carboxylic acids is 1. The van der Waals surface area contributed by atoms with Crippen molar-refractivity contribution in [1.29, 1.82) is 0 Å². The minimum Gasteiger partial charge on any atom is -0.392 e. The molecule has 0 bridgehead atoms. The molecular weight excluding hydrogens is 309 g/mol. The van der Waals surface area contributed by atoms with E-state index in [1.54, 1.807) is 0 Å². The number of amides is 1. The molecule has 4 nitrogen and oxygen atoms in total. The summed E-state index contributed by atoms with van der Waals surface area (Å²) in [5, 5.41) is 9.64. The lowest BCUT2D eigenvalue weighted by Crippen LogP contribution is -2.50. The highest BCUT2D eigenvalue weighted by Crippen LogP contribution is 2.32. The zero-order valence-electron chi connectivity index (χ0n) is 13.0. The summed E-state index contributed by atoms with van der Waals surface area (Å²) in [4.78, 5) is 15.9. The number of β-amino-alcohol motifs (C(OH)–C–C–N with tert-alkyl or cyclic N) is 1. The Balaban J connectivity index is 2.04. The van der Waals surface area contributed by atoms with Crippen LogP contribution in [0.3, 0.4) is 0 Å². The van der Waals surface area contributed by atoms with Gasteiger partial charge in [0.2, 0.25) is 0 Å². The van der Waals surface area contributed by atoms with Crippen molar-refractivity contribution < 1.29 is 23.1 Å². The lowest BCUT2D eigenvalue weighted by atomic mass is 10.1. The molecule has 2 rings (SSSR count). The lowest BCUT2D eigenvalue weighted by molar-refractivity contribution is -0.138. The Kier molecular flexibility index (Phi) is 5.64. The smallest absolute Gasteiger partial charge is 0.392 e. The Morgan fingerprint density at radius 3 is 2.39 bits per heavy atom. The van der Waals surface area contributed by atoms with E-state index in [-0.39, 0.29) is 5.56 Å². The molecule has 1 aromatic carbocycles. The van der Waals surface area contributed by atoms with Crippen molar-refractivity contribution in [3.05, 3.63) is 35.4 Å². The molecule has 0 spiro atoms. The average molecular weight is 330 g/mol. The van der Waals surface area contributed by atoms with Crippen LogP contribution in [0.4, 0.5) is 13.2 Å².